The van der Waals surface area contributed by atoms with Crippen LogP contribution in [-0.4, -0.2) is 4.92 Å². The molecule has 0 bridgehead atoms. The summed E-state index contributed by atoms with van der Waals surface area (Å²) in [5.74, 6) is 1.24. The lowest BCUT2D eigenvalue weighted by Gasteiger charge is -2.15. The molecule has 0 heterocycles. The number of aryl methyl sites for hydroxylation is 1. The summed E-state index contributed by atoms with van der Waals surface area (Å²) in [6, 6.07) is 12.2. The Bertz CT molecular complexity index is 656. The van der Waals surface area contributed by atoms with Crippen molar-refractivity contribution in [3.05, 3.63) is 63.7 Å². The number of hydrogen-bond donors (Lipinski definition) is 1. The second kappa shape index (κ2) is 6.37. The van der Waals surface area contributed by atoms with Gasteiger partial charge in [0, 0.05) is 23.2 Å². The Morgan fingerprint density at radius 2 is 2.00 bits per heavy atom. The van der Waals surface area contributed by atoms with Gasteiger partial charge < -0.3 is 10.5 Å². The van der Waals surface area contributed by atoms with Crippen LogP contribution in [0.25, 0.3) is 0 Å². The van der Waals surface area contributed by atoms with Crippen LogP contribution in [0.15, 0.2) is 42.5 Å². The Balaban J connectivity index is 2.31. The summed E-state index contributed by atoms with van der Waals surface area (Å²) in [5.41, 5.74) is 7.65. The predicted octanol–water partition coefficient (Wildman–Crippen LogP) is 4.11. The normalized spacial score (nSPS) is 12.0. The van der Waals surface area contributed by atoms with E-state index in [1.807, 2.05) is 31.2 Å². The molecule has 2 aromatic rings. The third-order valence-corrected chi connectivity index (χ3v) is 3.35. The lowest BCUT2D eigenvalue weighted by atomic mass is 10.0. The highest BCUT2D eigenvalue weighted by atomic mass is 16.6. The minimum absolute atomic E-state index is 0.0842. The van der Waals surface area contributed by atoms with E-state index in [0.717, 1.165) is 12.0 Å². The predicted molar refractivity (Wildman–Crippen MR) is 81.6 cm³/mol. The van der Waals surface area contributed by atoms with E-state index in [2.05, 4.69) is 0 Å². The van der Waals surface area contributed by atoms with Crippen LogP contribution in [0, 0.1) is 17.0 Å². The van der Waals surface area contributed by atoms with E-state index >= 15 is 0 Å². The molecule has 0 saturated heterocycles. The first-order chi connectivity index (χ1) is 10.0. The zero-order valence-electron chi connectivity index (χ0n) is 12.1. The summed E-state index contributed by atoms with van der Waals surface area (Å²) in [5, 5.41) is 10.8. The van der Waals surface area contributed by atoms with Crippen LogP contribution < -0.4 is 10.5 Å². The molecule has 0 aromatic heterocycles. The second-order valence-corrected chi connectivity index (χ2v) is 4.86. The Labute approximate surface area is 123 Å². The fraction of sp³-hybridized carbons (Fsp3) is 0.250. The summed E-state index contributed by atoms with van der Waals surface area (Å²) in [7, 11) is 0. The number of nitro benzene ring substituents is 1. The lowest BCUT2D eigenvalue weighted by molar-refractivity contribution is -0.385. The smallest absolute Gasteiger partial charge is 0.272 e. The van der Waals surface area contributed by atoms with Crippen molar-refractivity contribution < 1.29 is 9.66 Å². The molecule has 0 amide bonds. The molecule has 0 saturated carbocycles. The van der Waals surface area contributed by atoms with Crippen molar-refractivity contribution in [1.29, 1.82) is 0 Å². The van der Waals surface area contributed by atoms with E-state index in [1.165, 1.54) is 6.07 Å². The van der Waals surface area contributed by atoms with Gasteiger partial charge in [0.2, 0.25) is 0 Å². The molecule has 5 heteroatoms. The topological polar surface area (TPSA) is 78.4 Å². The maximum absolute atomic E-state index is 10.8. The number of hydrogen-bond acceptors (Lipinski definition) is 4. The number of benzene rings is 2. The number of ether oxygens (including phenoxy) is 1. The zero-order valence-corrected chi connectivity index (χ0v) is 12.1. The van der Waals surface area contributed by atoms with Crippen LogP contribution in [0.2, 0.25) is 0 Å². The minimum atomic E-state index is -0.403. The summed E-state index contributed by atoms with van der Waals surface area (Å²) in [6.45, 7) is 3.70. The average Bonchev–Trinajstić information content (AvgIpc) is 2.46. The fourth-order valence-electron chi connectivity index (χ4n) is 2.12. The third-order valence-electron chi connectivity index (χ3n) is 3.35. The fourth-order valence-corrected chi connectivity index (χ4v) is 2.12. The van der Waals surface area contributed by atoms with Gasteiger partial charge in [-0.25, -0.2) is 0 Å². The number of nitrogens with zero attached hydrogens (tertiary/aromatic N) is 1. The Morgan fingerprint density at radius 3 is 2.62 bits per heavy atom. The van der Waals surface area contributed by atoms with Gasteiger partial charge in [0.1, 0.15) is 11.5 Å². The molecular formula is C16H18N2O3. The summed E-state index contributed by atoms with van der Waals surface area (Å²) in [4.78, 5) is 10.4. The van der Waals surface area contributed by atoms with Crippen LogP contribution in [0.3, 0.4) is 0 Å². The summed E-state index contributed by atoms with van der Waals surface area (Å²) >= 11 is 0. The molecule has 0 aliphatic rings. The number of nitro groups is 1. The molecule has 5 nitrogen and oxygen atoms in total. The van der Waals surface area contributed by atoms with Crippen LogP contribution >= 0.6 is 0 Å². The molecule has 0 spiro atoms. The molecule has 1 atom stereocenters. The van der Waals surface area contributed by atoms with Crippen molar-refractivity contribution in [2.24, 2.45) is 5.73 Å². The first-order valence-electron chi connectivity index (χ1n) is 6.80. The highest BCUT2D eigenvalue weighted by molar-refractivity contribution is 5.46. The molecule has 0 aliphatic carbocycles. The van der Waals surface area contributed by atoms with Gasteiger partial charge in [-0.2, -0.15) is 0 Å². The van der Waals surface area contributed by atoms with E-state index in [1.54, 1.807) is 19.1 Å². The van der Waals surface area contributed by atoms with E-state index in [-0.39, 0.29) is 11.7 Å². The second-order valence-electron chi connectivity index (χ2n) is 4.86. The Hall–Kier alpha value is -2.40. The van der Waals surface area contributed by atoms with Crippen molar-refractivity contribution in [2.75, 3.05) is 0 Å². The average molecular weight is 286 g/mol. The first kappa shape index (κ1) is 15.0. The van der Waals surface area contributed by atoms with Gasteiger partial charge in [-0.05, 0) is 31.5 Å². The van der Waals surface area contributed by atoms with Gasteiger partial charge in [-0.1, -0.05) is 25.1 Å². The maximum atomic E-state index is 10.8. The van der Waals surface area contributed by atoms with Crippen LogP contribution in [0.1, 0.15) is 30.5 Å². The summed E-state index contributed by atoms with van der Waals surface area (Å²) in [6.07, 6.45) is 0.805. The van der Waals surface area contributed by atoms with Crippen molar-refractivity contribution in [3.8, 4) is 11.5 Å². The standard InChI is InChI=1S/C16H18N2O3/c1-3-14(17)13-6-4-5-7-16(13)21-12-8-9-15(18(19)20)11(2)10-12/h4-10,14H,3,17H2,1-2H3/t14-/m1/s1. The lowest BCUT2D eigenvalue weighted by Crippen LogP contribution is -2.09. The number of nitrogens with two attached hydrogens (primary N) is 1. The number of rotatable bonds is 5. The Kier molecular flexibility index (Phi) is 4.55. The number of para-hydroxylation sites is 1. The van der Waals surface area contributed by atoms with E-state index in [4.69, 9.17) is 10.5 Å². The minimum Gasteiger partial charge on any atom is -0.457 e. The maximum Gasteiger partial charge on any atom is 0.272 e. The molecule has 0 unspecified atom stereocenters. The Morgan fingerprint density at radius 1 is 1.29 bits per heavy atom. The van der Waals surface area contributed by atoms with Gasteiger partial charge >= 0.3 is 0 Å². The first-order valence-corrected chi connectivity index (χ1v) is 6.80. The van der Waals surface area contributed by atoms with Crippen LogP contribution in [-0.2, 0) is 0 Å². The van der Waals surface area contributed by atoms with Crippen molar-refractivity contribution >= 4 is 5.69 Å². The van der Waals surface area contributed by atoms with Crippen molar-refractivity contribution in [1.82, 2.24) is 0 Å². The van der Waals surface area contributed by atoms with Crippen LogP contribution in [0.4, 0.5) is 5.69 Å². The van der Waals surface area contributed by atoms with Crippen molar-refractivity contribution in [3.63, 3.8) is 0 Å². The van der Waals surface area contributed by atoms with Gasteiger partial charge in [0.25, 0.3) is 5.69 Å². The molecule has 0 radical (unpaired) electrons. The molecule has 2 aromatic carbocycles. The molecule has 0 fully saturated rings. The molecule has 2 N–H and O–H groups in total. The third kappa shape index (κ3) is 3.38. The van der Waals surface area contributed by atoms with Gasteiger partial charge in [0.05, 0.1) is 4.92 Å². The van der Waals surface area contributed by atoms with Gasteiger partial charge in [-0.3, -0.25) is 10.1 Å². The summed E-state index contributed by atoms with van der Waals surface area (Å²) < 4.78 is 5.85. The molecule has 110 valence electrons. The van der Waals surface area contributed by atoms with Gasteiger partial charge in [-0.15, -0.1) is 0 Å². The molecule has 21 heavy (non-hydrogen) atoms. The van der Waals surface area contributed by atoms with Gasteiger partial charge in [0.15, 0.2) is 0 Å². The van der Waals surface area contributed by atoms with Crippen LogP contribution in [0.5, 0.6) is 11.5 Å². The quantitative estimate of drug-likeness (QED) is 0.662. The van der Waals surface area contributed by atoms with E-state index in [0.29, 0.717) is 17.1 Å². The largest absolute Gasteiger partial charge is 0.457 e. The van der Waals surface area contributed by atoms with Crippen molar-refractivity contribution in [2.45, 2.75) is 26.3 Å². The van der Waals surface area contributed by atoms with E-state index in [9.17, 15) is 10.1 Å². The molecular weight excluding hydrogens is 268 g/mol. The highest BCUT2D eigenvalue weighted by Crippen LogP contribution is 2.31. The monoisotopic (exact) mass is 286 g/mol. The highest BCUT2D eigenvalue weighted by Gasteiger charge is 2.13. The molecule has 2 rings (SSSR count). The van der Waals surface area contributed by atoms with E-state index < -0.39 is 4.92 Å². The molecule has 0 aliphatic heterocycles. The zero-order chi connectivity index (χ0) is 15.4. The SMILES string of the molecule is CC[C@@H](N)c1ccccc1Oc1ccc([N+](=O)[O-])c(C)c1.